The van der Waals surface area contributed by atoms with Gasteiger partial charge in [-0.05, 0) is 30.4 Å². The van der Waals surface area contributed by atoms with Crippen LogP contribution in [0.1, 0.15) is 36.8 Å². The van der Waals surface area contributed by atoms with Crippen molar-refractivity contribution in [3.63, 3.8) is 0 Å². The number of benzene rings is 1. The normalized spacial score (nSPS) is 22.7. The summed E-state index contributed by atoms with van der Waals surface area (Å²) in [7, 11) is 0. The van der Waals surface area contributed by atoms with Crippen molar-refractivity contribution >= 4 is 17.8 Å². The number of nitrogens with zero attached hydrogens (tertiary/aromatic N) is 2. The summed E-state index contributed by atoms with van der Waals surface area (Å²) in [4.78, 5) is 16.8. The van der Waals surface area contributed by atoms with Crippen molar-refractivity contribution in [2.45, 2.75) is 32.1 Å². The van der Waals surface area contributed by atoms with Gasteiger partial charge < -0.3 is 9.80 Å². The predicted octanol–water partition coefficient (Wildman–Crippen LogP) is 3.60. The lowest BCUT2D eigenvalue weighted by Crippen LogP contribution is -2.49. The number of hydrogen-bond acceptors (Lipinski definition) is 2. The number of urea groups is 1. The van der Waals surface area contributed by atoms with E-state index in [1.807, 2.05) is 16.7 Å². The van der Waals surface area contributed by atoms with Crippen LogP contribution in [-0.4, -0.2) is 53.5 Å². The second-order valence-electron chi connectivity index (χ2n) is 6.26. The van der Waals surface area contributed by atoms with Gasteiger partial charge in [0.15, 0.2) is 0 Å². The average molecular weight is 318 g/mol. The monoisotopic (exact) mass is 318 g/mol. The standard InChI is InChI=1S/C18H26N2OS/c1-2-15-5-7-16(8-6-15)17-4-3-9-20(14-17)18(21)19-10-12-22-13-11-19/h5-8,17H,2-4,9-14H2,1H3. The largest absolute Gasteiger partial charge is 0.324 e. The first-order chi connectivity index (χ1) is 10.8. The fourth-order valence-corrected chi connectivity index (χ4v) is 4.31. The molecule has 1 unspecified atom stereocenters. The Morgan fingerprint density at radius 2 is 1.86 bits per heavy atom. The summed E-state index contributed by atoms with van der Waals surface area (Å²) in [6.07, 6.45) is 3.40. The first-order valence-electron chi connectivity index (χ1n) is 8.48. The molecular formula is C18H26N2OS. The lowest BCUT2D eigenvalue weighted by atomic mass is 9.90. The summed E-state index contributed by atoms with van der Waals surface area (Å²) in [5, 5.41) is 0. The van der Waals surface area contributed by atoms with E-state index in [4.69, 9.17) is 0 Å². The Morgan fingerprint density at radius 3 is 2.55 bits per heavy atom. The maximum Gasteiger partial charge on any atom is 0.320 e. The molecule has 0 spiro atoms. The van der Waals surface area contributed by atoms with E-state index in [1.165, 1.54) is 17.5 Å². The molecule has 0 N–H and O–H groups in total. The molecule has 0 aromatic heterocycles. The zero-order chi connectivity index (χ0) is 15.4. The predicted molar refractivity (Wildman–Crippen MR) is 93.7 cm³/mol. The van der Waals surface area contributed by atoms with Crippen LogP contribution < -0.4 is 0 Å². The number of piperidine rings is 1. The van der Waals surface area contributed by atoms with Gasteiger partial charge in [-0.2, -0.15) is 11.8 Å². The van der Waals surface area contributed by atoms with Crippen LogP contribution >= 0.6 is 11.8 Å². The van der Waals surface area contributed by atoms with Crippen LogP contribution in [0.3, 0.4) is 0 Å². The molecule has 0 bridgehead atoms. The number of hydrogen-bond donors (Lipinski definition) is 0. The van der Waals surface area contributed by atoms with Crippen LogP contribution in [0.4, 0.5) is 4.79 Å². The first-order valence-corrected chi connectivity index (χ1v) is 9.64. The Hall–Kier alpha value is -1.16. The summed E-state index contributed by atoms with van der Waals surface area (Å²) >= 11 is 1.95. The third-order valence-electron chi connectivity index (χ3n) is 4.83. The SMILES string of the molecule is CCc1ccc(C2CCCN(C(=O)N3CCSCC3)C2)cc1. The number of thioether (sulfide) groups is 1. The van der Waals surface area contributed by atoms with Gasteiger partial charge in [0.05, 0.1) is 0 Å². The summed E-state index contributed by atoms with van der Waals surface area (Å²) in [6.45, 7) is 5.82. The summed E-state index contributed by atoms with van der Waals surface area (Å²) < 4.78 is 0. The van der Waals surface area contributed by atoms with Crippen LogP contribution in [0.15, 0.2) is 24.3 Å². The Bertz CT molecular complexity index is 496. The van der Waals surface area contributed by atoms with Gasteiger partial charge in [-0.25, -0.2) is 4.79 Å². The second kappa shape index (κ2) is 7.40. The Balaban J connectivity index is 1.64. The molecule has 2 saturated heterocycles. The maximum atomic E-state index is 12.7. The van der Waals surface area contributed by atoms with Crippen molar-refractivity contribution in [3.8, 4) is 0 Å². The number of likely N-dealkylation sites (tertiary alicyclic amines) is 1. The molecule has 2 aliphatic heterocycles. The van der Waals surface area contributed by atoms with Crippen molar-refractivity contribution in [1.82, 2.24) is 9.80 Å². The molecule has 1 aromatic carbocycles. The van der Waals surface area contributed by atoms with E-state index in [9.17, 15) is 4.79 Å². The Kier molecular flexibility index (Phi) is 5.29. The highest BCUT2D eigenvalue weighted by atomic mass is 32.2. The molecule has 2 aliphatic rings. The number of carbonyl (C=O) groups is 1. The van der Waals surface area contributed by atoms with E-state index in [0.29, 0.717) is 5.92 Å². The molecule has 0 aliphatic carbocycles. The highest BCUT2D eigenvalue weighted by Gasteiger charge is 2.28. The summed E-state index contributed by atoms with van der Waals surface area (Å²) in [5.74, 6) is 2.67. The van der Waals surface area contributed by atoms with Crippen molar-refractivity contribution in [3.05, 3.63) is 35.4 Å². The fourth-order valence-electron chi connectivity index (χ4n) is 3.40. The number of amides is 2. The molecule has 2 fully saturated rings. The molecule has 2 amide bonds. The van der Waals surface area contributed by atoms with Gasteiger partial charge in [0.2, 0.25) is 0 Å². The molecule has 1 atom stereocenters. The van der Waals surface area contributed by atoms with Crippen LogP contribution in [-0.2, 0) is 6.42 Å². The van der Waals surface area contributed by atoms with E-state index in [0.717, 1.165) is 50.5 Å². The van der Waals surface area contributed by atoms with Crippen molar-refractivity contribution < 1.29 is 4.79 Å². The highest BCUT2D eigenvalue weighted by Crippen LogP contribution is 2.28. The lowest BCUT2D eigenvalue weighted by Gasteiger charge is -2.37. The third-order valence-corrected chi connectivity index (χ3v) is 5.78. The van der Waals surface area contributed by atoms with E-state index in [2.05, 4.69) is 36.1 Å². The van der Waals surface area contributed by atoms with Gasteiger partial charge in [-0.15, -0.1) is 0 Å². The number of aryl methyl sites for hydroxylation is 1. The smallest absolute Gasteiger partial charge is 0.320 e. The topological polar surface area (TPSA) is 23.6 Å². The number of carbonyl (C=O) groups excluding carboxylic acids is 1. The van der Waals surface area contributed by atoms with Gasteiger partial charge in [-0.3, -0.25) is 0 Å². The molecule has 2 heterocycles. The molecule has 1 aromatic rings. The average Bonchev–Trinajstić information content (AvgIpc) is 2.62. The van der Waals surface area contributed by atoms with Crippen LogP contribution in [0.25, 0.3) is 0 Å². The molecule has 120 valence electrons. The maximum absolute atomic E-state index is 12.7. The Morgan fingerprint density at radius 1 is 1.14 bits per heavy atom. The Labute approximate surface area is 138 Å². The van der Waals surface area contributed by atoms with E-state index in [-0.39, 0.29) is 6.03 Å². The minimum absolute atomic E-state index is 0.259. The first kappa shape index (κ1) is 15.7. The van der Waals surface area contributed by atoms with Gasteiger partial charge in [0.1, 0.15) is 0 Å². The zero-order valence-corrected chi connectivity index (χ0v) is 14.3. The van der Waals surface area contributed by atoms with Crippen molar-refractivity contribution in [2.24, 2.45) is 0 Å². The molecule has 3 rings (SSSR count). The highest BCUT2D eigenvalue weighted by molar-refractivity contribution is 7.99. The van der Waals surface area contributed by atoms with Crippen LogP contribution in [0.2, 0.25) is 0 Å². The van der Waals surface area contributed by atoms with E-state index >= 15 is 0 Å². The molecule has 0 radical (unpaired) electrons. The third kappa shape index (κ3) is 3.60. The van der Waals surface area contributed by atoms with Gasteiger partial charge in [-0.1, -0.05) is 31.2 Å². The van der Waals surface area contributed by atoms with Crippen molar-refractivity contribution in [1.29, 1.82) is 0 Å². The van der Waals surface area contributed by atoms with E-state index in [1.54, 1.807) is 0 Å². The second-order valence-corrected chi connectivity index (χ2v) is 7.49. The molecule has 22 heavy (non-hydrogen) atoms. The molecule has 0 saturated carbocycles. The minimum atomic E-state index is 0.259. The van der Waals surface area contributed by atoms with E-state index < -0.39 is 0 Å². The quantitative estimate of drug-likeness (QED) is 0.832. The van der Waals surface area contributed by atoms with Gasteiger partial charge in [0, 0.05) is 43.6 Å². The van der Waals surface area contributed by atoms with Crippen molar-refractivity contribution in [2.75, 3.05) is 37.7 Å². The van der Waals surface area contributed by atoms with Crippen LogP contribution in [0.5, 0.6) is 0 Å². The molecular weight excluding hydrogens is 292 g/mol. The summed E-state index contributed by atoms with van der Waals surface area (Å²) in [5.41, 5.74) is 2.78. The number of rotatable bonds is 2. The lowest BCUT2D eigenvalue weighted by molar-refractivity contribution is 0.142. The zero-order valence-electron chi connectivity index (χ0n) is 13.5. The molecule has 3 nitrogen and oxygen atoms in total. The fraction of sp³-hybridized carbons (Fsp3) is 0.611. The summed E-state index contributed by atoms with van der Waals surface area (Å²) in [6, 6.07) is 9.25. The van der Waals surface area contributed by atoms with Crippen LogP contribution in [0, 0.1) is 0 Å². The minimum Gasteiger partial charge on any atom is -0.324 e. The van der Waals surface area contributed by atoms with Gasteiger partial charge >= 0.3 is 6.03 Å². The van der Waals surface area contributed by atoms with Gasteiger partial charge in [0.25, 0.3) is 0 Å². The molecule has 4 heteroatoms.